The monoisotopic (exact) mass is 294 g/mol. The Bertz CT molecular complexity index is 404. The molecule has 2 heterocycles. The van der Waals surface area contributed by atoms with E-state index in [4.69, 9.17) is 0 Å². The first-order valence-corrected chi connectivity index (χ1v) is 8.48. The van der Waals surface area contributed by atoms with Crippen molar-refractivity contribution >= 4 is 12.0 Å². The minimum Gasteiger partial charge on any atom is -0.480 e. The van der Waals surface area contributed by atoms with Gasteiger partial charge in [-0.2, -0.15) is 0 Å². The van der Waals surface area contributed by atoms with Gasteiger partial charge in [-0.05, 0) is 38.0 Å². The normalized spacial score (nSPS) is 33.4. The molecule has 2 aliphatic heterocycles. The molecule has 3 rings (SSSR count). The summed E-state index contributed by atoms with van der Waals surface area (Å²) in [5, 5.41) is 9.52. The van der Waals surface area contributed by atoms with Crippen LogP contribution in [0.2, 0.25) is 0 Å². The Labute approximate surface area is 126 Å². The zero-order chi connectivity index (χ0) is 14.8. The fourth-order valence-corrected chi connectivity index (χ4v) is 4.38. The first-order chi connectivity index (χ1) is 10.2. The zero-order valence-electron chi connectivity index (χ0n) is 12.7. The number of hydrogen-bond donors (Lipinski definition) is 1. The van der Waals surface area contributed by atoms with Gasteiger partial charge in [0, 0.05) is 19.1 Å². The molecule has 2 saturated heterocycles. The minimum absolute atomic E-state index is 0.0151. The van der Waals surface area contributed by atoms with Crippen LogP contribution in [0.1, 0.15) is 57.8 Å². The van der Waals surface area contributed by atoms with E-state index in [1.54, 1.807) is 4.90 Å². The smallest absolute Gasteiger partial charge is 0.326 e. The molecular weight excluding hydrogens is 268 g/mol. The Morgan fingerprint density at radius 3 is 2.24 bits per heavy atom. The van der Waals surface area contributed by atoms with Crippen molar-refractivity contribution in [2.45, 2.75) is 69.9 Å². The second-order valence-corrected chi connectivity index (χ2v) is 6.79. The molecule has 0 aromatic rings. The third-order valence-electron chi connectivity index (χ3n) is 5.47. The minimum atomic E-state index is -0.826. The quantitative estimate of drug-likeness (QED) is 0.809. The molecule has 3 fully saturated rings. The number of hydrogen-bond acceptors (Lipinski definition) is 2. The average Bonchev–Trinajstić information content (AvgIpc) is 2.67. The number of carbonyl (C=O) groups is 2. The Hall–Kier alpha value is -1.26. The van der Waals surface area contributed by atoms with Crippen molar-refractivity contribution in [1.82, 2.24) is 9.80 Å². The van der Waals surface area contributed by atoms with Crippen LogP contribution in [0.25, 0.3) is 0 Å². The van der Waals surface area contributed by atoms with Crippen LogP contribution >= 0.6 is 0 Å². The number of rotatable bonds is 1. The Morgan fingerprint density at radius 1 is 0.905 bits per heavy atom. The van der Waals surface area contributed by atoms with Crippen LogP contribution in [0, 0.1) is 5.92 Å². The molecule has 0 aromatic heterocycles. The van der Waals surface area contributed by atoms with Crippen LogP contribution in [0.15, 0.2) is 0 Å². The number of urea groups is 1. The number of amides is 2. The second-order valence-electron chi connectivity index (χ2n) is 6.79. The summed E-state index contributed by atoms with van der Waals surface area (Å²) < 4.78 is 0. The number of likely N-dealkylation sites (tertiary alicyclic amines) is 2. The van der Waals surface area contributed by atoms with E-state index in [9.17, 15) is 14.7 Å². The molecular formula is C16H26N2O3. The van der Waals surface area contributed by atoms with E-state index in [1.807, 2.05) is 4.90 Å². The van der Waals surface area contributed by atoms with E-state index in [2.05, 4.69) is 0 Å². The largest absolute Gasteiger partial charge is 0.480 e. The molecule has 1 saturated carbocycles. The number of aliphatic carboxylic acids is 1. The number of fused-ring (bicyclic) bond motifs is 1. The first kappa shape index (κ1) is 14.7. The van der Waals surface area contributed by atoms with Gasteiger partial charge in [-0.15, -0.1) is 0 Å². The van der Waals surface area contributed by atoms with Crippen LogP contribution in [0.5, 0.6) is 0 Å². The summed E-state index contributed by atoms with van der Waals surface area (Å²) in [5.74, 6) is -0.427. The SMILES string of the molecule is O=C(O)C1CC2CCCCC2N1C(=O)N1CCCCCC1. The fourth-order valence-electron chi connectivity index (χ4n) is 4.38. The highest BCUT2D eigenvalue weighted by Gasteiger charge is 2.48. The van der Waals surface area contributed by atoms with E-state index in [0.29, 0.717) is 12.3 Å². The van der Waals surface area contributed by atoms with Gasteiger partial charge in [0.25, 0.3) is 0 Å². The molecule has 1 aliphatic carbocycles. The van der Waals surface area contributed by atoms with Gasteiger partial charge in [-0.3, -0.25) is 0 Å². The summed E-state index contributed by atoms with van der Waals surface area (Å²) in [4.78, 5) is 28.1. The summed E-state index contributed by atoms with van der Waals surface area (Å²) >= 11 is 0. The lowest BCUT2D eigenvalue weighted by atomic mass is 9.85. The van der Waals surface area contributed by atoms with E-state index < -0.39 is 12.0 Å². The van der Waals surface area contributed by atoms with Crippen molar-refractivity contribution in [3.05, 3.63) is 0 Å². The Kier molecular flexibility index (Phi) is 4.36. The molecule has 0 aromatic carbocycles. The molecule has 118 valence electrons. The predicted molar refractivity (Wildman–Crippen MR) is 79.1 cm³/mol. The van der Waals surface area contributed by atoms with Crippen molar-refractivity contribution in [2.75, 3.05) is 13.1 Å². The lowest BCUT2D eigenvalue weighted by Gasteiger charge is -2.36. The third kappa shape index (κ3) is 2.87. The fraction of sp³-hybridized carbons (Fsp3) is 0.875. The topological polar surface area (TPSA) is 60.9 Å². The molecule has 3 aliphatic rings. The second kappa shape index (κ2) is 6.24. The van der Waals surface area contributed by atoms with Crippen LogP contribution in [0.3, 0.4) is 0 Å². The summed E-state index contributed by atoms with van der Waals surface area (Å²) in [6.45, 7) is 1.58. The maximum absolute atomic E-state index is 12.9. The van der Waals surface area contributed by atoms with Crippen molar-refractivity contribution < 1.29 is 14.7 Å². The van der Waals surface area contributed by atoms with Gasteiger partial charge in [0.1, 0.15) is 6.04 Å². The third-order valence-corrected chi connectivity index (χ3v) is 5.47. The summed E-state index contributed by atoms with van der Waals surface area (Å²) in [6, 6.07) is -0.455. The number of carboxylic acid groups (broad SMARTS) is 1. The molecule has 0 radical (unpaired) electrons. The highest BCUT2D eigenvalue weighted by molar-refractivity contribution is 5.84. The lowest BCUT2D eigenvalue weighted by Crippen LogP contribution is -2.52. The van der Waals surface area contributed by atoms with Gasteiger partial charge in [-0.25, -0.2) is 9.59 Å². The summed E-state index contributed by atoms with van der Waals surface area (Å²) in [7, 11) is 0. The highest BCUT2D eigenvalue weighted by atomic mass is 16.4. The van der Waals surface area contributed by atoms with Gasteiger partial charge in [-0.1, -0.05) is 25.7 Å². The van der Waals surface area contributed by atoms with Crippen LogP contribution in [0.4, 0.5) is 4.79 Å². The molecule has 5 heteroatoms. The van der Waals surface area contributed by atoms with Crippen LogP contribution in [-0.4, -0.2) is 52.1 Å². The van der Waals surface area contributed by atoms with E-state index in [0.717, 1.165) is 45.2 Å². The number of nitrogens with zero attached hydrogens (tertiary/aromatic N) is 2. The van der Waals surface area contributed by atoms with E-state index in [1.165, 1.54) is 19.3 Å². The summed E-state index contributed by atoms with van der Waals surface area (Å²) in [5.41, 5.74) is 0. The number of carboxylic acids is 1. The van der Waals surface area contributed by atoms with Gasteiger partial charge in [0.05, 0.1) is 0 Å². The van der Waals surface area contributed by atoms with Gasteiger partial charge >= 0.3 is 12.0 Å². The number of carbonyl (C=O) groups excluding carboxylic acids is 1. The van der Waals surface area contributed by atoms with Crippen molar-refractivity contribution in [3.8, 4) is 0 Å². The average molecular weight is 294 g/mol. The van der Waals surface area contributed by atoms with Crippen molar-refractivity contribution in [3.63, 3.8) is 0 Å². The van der Waals surface area contributed by atoms with Crippen molar-refractivity contribution in [1.29, 1.82) is 0 Å². The Morgan fingerprint density at radius 2 is 1.57 bits per heavy atom. The molecule has 1 N–H and O–H groups in total. The lowest BCUT2D eigenvalue weighted by molar-refractivity contribution is -0.141. The molecule has 5 nitrogen and oxygen atoms in total. The van der Waals surface area contributed by atoms with E-state index in [-0.39, 0.29) is 12.1 Å². The van der Waals surface area contributed by atoms with E-state index >= 15 is 0 Å². The van der Waals surface area contributed by atoms with Crippen LogP contribution in [-0.2, 0) is 4.79 Å². The molecule has 3 unspecified atom stereocenters. The molecule has 3 atom stereocenters. The molecule has 21 heavy (non-hydrogen) atoms. The molecule has 0 bridgehead atoms. The maximum atomic E-state index is 12.9. The predicted octanol–water partition coefficient (Wildman–Crippen LogP) is 2.70. The standard InChI is InChI=1S/C16H26N2O3/c19-15(20)14-11-12-7-3-4-8-13(12)18(14)16(21)17-9-5-1-2-6-10-17/h12-14H,1-11H2,(H,19,20). The zero-order valence-corrected chi connectivity index (χ0v) is 12.7. The summed E-state index contributed by atoms with van der Waals surface area (Å²) in [6.07, 6.45) is 9.47. The van der Waals surface area contributed by atoms with Gasteiger partial charge < -0.3 is 14.9 Å². The Balaban J connectivity index is 1.78. The maximum Gasteiger partial charge on any atom is 0.326 e. The molecule has 2 amide bonds. The van der Waals surface area contributed by atoms with Gasteiger partial charge in [0.2, 0.25) is 0 Å². The highest BCUT2D eigenvalue weighted by Crippen LogP contribution is 2.40. The molecule has 0 spiro atoms. The van der Waals surface area contributed by atoms with Crippen LogP contribution < -0.4 is 0 Å². The van der Waals surface area contributed by atoms with Crippen molar-refractivity contribution in [2.24, 2.45) is 5.92 Å². The van der Waals surface area contributed by atoms with Gasteiger partial charge in [0.15, 0.2) is 0 Å². The first-order valence-electron chi connectivity index (χ1n) is 8.48.